The number of hydrogen-bond donors (Lipinski definition) is 1. The van der Waals surface area contributed by atoms with Gasteiger partial charge in [0.25, 0.3) is 5.91 Å². The van der Waals surface area contributed by atoms with Crippen LogP contribution in [0, 0.1) is 18.3 Å². The molecule has 0 aliphatic heterocycles. The molecule has 0 unspecified atom stereocenters. The van der Waals surface area contributed by atoms with E-state index in [4.69, 9.17) is 21.1 Å². The van der Waals surface area contributed by atoms with E-state index < -0.39 is 5.91 Å². The lowest BCUT2D eigenvalue weighted by Crippen LogP contribution is -2.14. The predicted octanol–water partition coefficient (Wildman–Crippen LogP) is 6.79. The number of nitrogens with zero attached hydrogens (tertiary/aromatic N) is 3. The van der Waals surface area contributed by atoms with Crippen LogP contribution in [0.3, 0.4) is 0 Å². The van der Waals surface area contributed by atoms with Gasteiger partial charge in [0.15, 0.2) is 5.76 Å². The molecule has 170 valence electrons. The van der Waals surface area contributed by atoms with Gasteiger partial charge in [0.2, 0.25) is 0 Å². The van der Waals surface area contributed by atoms with Crippen molar-refractivity contribution in [3.63, 3.8) is 0 Å². The molecule has 6 nitrogen and oxygen atoms in total. The van der Waals surface area contributed by atoms with Crippen LogP contribution in [0.1, 0.15) is 11.1 Å². The molecule has 5 aromatic rings. The molecular formula is C28H19ClN4O2. The number of carbonyl (C=O) groups excluding carboxylic acids is 1. The van der Waals surface area contributed by atoms with Crippen molar-refractivity contribution >= 4 is 40.2 Å². The summed E-state index contributed by atoms with van der Waals surface area (Å²) in [4.78, 5) is 13.0. The third-order valence-electron chi connectivity index (χ3n) is 5.60. The summed E-state index contributed by atoms with van der Waals surface area (Å²) in [6.45, 7) is 1.80. The number of halogens is 1. The zero-order chi connectivity index (χ0) is 24.4. The Kier molecular flexibility index (Phi) is 5.92. The van der Waals surface area contributed by atoms with Crippen molar-refractivity contribution < 1.29 is 9.21 Å². The van der Waals surface area contributed by atoms with Crippen molar-refractivity contribution in [3.8, 4) is 23.2 Å². The number of anilines is 1. The fourth-order valence-corrected chi connectivity index (χ4v) is 3.91. The highest BCUT2D eigenvalue weighted by Gasteiger charge is 2.18. The molecule has 0 saturated heterocycles. The summed E-state index contributed by atoms with van der Waals surface area (Å²) >= 11 is 6.17. The van der Waals surface area contributed by atoms with Crippen LogP contribution in [0.2, 0.25) is 5.02 Å². The third kappa shape index (κ3) is 4.45. The van der Waals surface area contributed by atoms with E-state index in [0.717, 1.165) is 22.2 Å². The van der Waals surface area contributed by atoms with E-state index in [1.165, 1.54) is 6.08 Å². The molecule has 2 aromatic heterocycles. The summed E-state index contributed by atoms with van der Waals surface area (Å²) in [6, 6.07) is 26.4. The lowest BCUT2D eigenvalue weighted by molar-refractivity contribution is -0.112. The first-order valence-corrected chi connectivity index (χ1v) is 11.2. The second kappa shape index (κ2) is 9.34. The van der Waals surface area contributed by atoms with Crippen molar-refractivity contribution in [2.24, 2.45) is 0 Å². The summed E-state index contributed by atoms with van der Waals surface area (Å²) in [6.07, 6.45) is 3.29. The van der Waals surface area contributed by atoms with Gasteiger partial charge >= 0.3 is 0 Å². The normalized spacial score (nSPS) is 11.4. The fraction of sp³-hybridized carbons (Fsp3) is 0.0357. The molecule has 35 heavy (non-hydrogen) atoms. The molecule has 0 fully saturated rings. The number of furan rings is 1. The molecule has 0 radical (unpaired) electrons. The topological polar surface area (TPSA) is 83.9 Å². The Balaban J connectivity index is 1.58. The molecule has 0 bridgehead atoms. The summed E-state index contributed by atoms with van der Waals surface area (Å²) in [5.41, 5.74) is 3.84. The van der Waals surface area contributed by atoms with Crippen molar-refractivity contribution in [1.29, 1.82) is 5.26 Å². The van der Waals surface area contributed by atoms with Crippen LogP contribution < -0.4 is 5.32 Å². The van der Waals surface area contributed by atoms with Crippen molar-refractivity contribution in [3.05, 3.63) is 107 Å². The highest BCUT2D eigenvalue weighted by molar-refractivity contribution is 6.31. The average Bonchev–Trinajstić information content (AvgIpc) is 3.50. The Hall–Kier alpha value is -4.60. The molecule has 1 amide bonds. The summed E-state index contributed by atoms with van der Waals surface area (Å²) < 4.78 is 7.74. The van der Waals surface area contributed by atoms with Crippen molar-refractivity contribution in [2.45, 2.75) is 6.92 Å². The van der Waals surface area contributed by atoms with Gasteiger partial charge in [0, 0.05) is 27.9 Å². The maximum absolute atomic E-state index is 13.0. The number of nitriles is 1. The Morgan fingerprint density at radius 3 is 2.63 bits per heavy atom. The molecule has 7 heteroatoms. The number of benzene rings is 3. The van der Waals surface area contributed by atoms with E-state index in [2.05, 4.69) is 5.32 Å². The number of para-hydroxylation sites is 2. The van der Waals surface area contributed by atoms with Crippen LogP contribution in [0.5, 0.6) is 0 Å². The van der Waals surface area contributed by atoms with Gasteiger partial charge in [0.05, 0.1) is 5.69 Å². The maximum Gasteiger partial charge on any atom is 0.266 e. The predicted molar refractivity (Wildman–Crippen MR) is 137 cm³/mol. The van der Waals surface area contributed by atoms with Crippen LogP contribution in [0.4, 0.5) is 5.69 Å². The minimum absolute atomic E-state index is 0.0747. The molecular weight excluding hydrogens is 460 g/mol. The van der Waals surface area contributed by atoms with Crippen LogP contribution >= 0.6 is 11.6 Å². The minimum atomic E-state index is -0.541. The Morgan fingerprint density at radius 2 is 1.86 bits per heavy atom. The van der Waals surface area contributed by atoms with Gasteiger partial charge in [-0.25, -0.2) is 4.68 Å². The zero-order valence-corrected chi connectivity index (χ0v) is 19.5. The third-order valence-corrected chi connectivity index (χ3v) is 6.01. The van der Waals surface area contributed by atoms with Gasteiger partial charge in [-0.3, -0.25) is 4.79 Å². The van der Waals surface area contributed by atoms with Crippen LogP contribution in [-0.2, 0) is 4.79 Å². The number of rotatable bonds is 5. The van der Waals surface area contributed by atoms with Crippen molar-refractivity contribution in [2.75, 3.05) is 5.32 Å². The summed E-state index contributed by atoms with van der Waals surface area (Å²) in [5, 5.41) is 18.8. The lowest BCUT2D eigenvalue weighted by atomic mass is 10.1. The smallest absolute Gasteiger partial charge is 0.266 e. The van der Waals surface area contributed by atoms with E-state index in [1.54, 1.807) is 36.0 Å². The molecule has 3 aromatic carbocycles. The van der Waals surface area contributed by atoms with Crippen molar-refractivity contribution in [1.82, 2.24) is 9.78 Å². The first-order valence-electron chi connectivity index (χ1n) is 10.9. The molecule has 0 saturated carbocycles. The second-order valence-corrected chi connectivity index (χ2v) is 8.31. The maximum atomic E-state index is 13.0. The van der Waals surface area contributed by atoms with Crippen LogP contribution in [-0.4, -0.2) is 15.7 Å². The minimum Gasteiger partial charge on any atom is -0.454 e. The quantitative estimate of drug-likeness (QED) is 0.222. The highest BCUT2D eigenvalue weighted by atomic mass is 35.5. The summed E-state index contributed by atoms with van der Waals surface area (Å²) in [7, 11) is 0. The van der Waals surface area contributed by atoms with E-state index in [9.17, 15) is 10.1 Å². The highest BCUT2D eigenvalue weighted by Crippen LogP contribution is 2.31. The second-order valence-electron chi connectivity index (χ2n) is 7.90. The monoisotopic (exact) mass is 478 g/mol. The summed E-state index contributed by atoms with van der Waals surface area (Å²) in [5.74, 6) is -0.00333. The van der Waals surface area contributed by atoms with Gasteiger partial charge in [-0.05, 0) is 55.0 Å². The SMILES string of the molecule is Cc1c(Cl)cccc1NC(=O)C(C#N)=Cc1cn(-c2ccccc2)nc1-c1cc2ccccc2o1. The molecule has 1 N–H and O–H groups in total. The number of carbonyl (C=O) groups is 1. The van der Waals surface area contributed by atoms with Crippen LogP contribution in [0.25, 0.3) is 34.2 Å². The Morgan fingerprint density at radius 1 is 1.09 bits per heavy atom. The van der Waals surface area contributed by atoms with Gasteiger partial charge < -0.3 is 9.73 Å². The van der Waals surface area contributed by atoms with E-state index >= 15 is 0 Å². The van der Waals surface area contributed by atoms with Gasteiger partial charge in [-0.15, -0.1) is 0 Å². The zero-order valence-electron chi connectivity index (χ0n) is 18.7. The molecule has 2 heterocycles. The number of amides is 1. The fourth-order valence-electron chi connectivity index (χ4n) is 3.73. The first-order chi connectivity index (χ1) is 17.0. The van der Waals surface area contributed by atoms with Crippen LogP contribution in [0.15, 0.2) is 95.0 Å². The Labute approximate surface area is 206 Å². The lowest BCUT2D eigenvalue weighted by Gasteiger charge is -2.08. The Bertz CT molecular complexity index is 1590. The number of fused-ring (bicyclic) bond motifs is 1. The standard InChI is InChI=1S/C28H19ClN4O2/c1-18-23(29)11-7-12-24(18)31-28(34)20(16-30)14-21-17-33(22-9-3-2-4-10-22)32-27(21)26-15-19-8-5-6-13-25(19)35-26/h2-15,17H,1H3,(H,31,34). The molecule has 0 atom stereocenters. The molecule has 0 aliphatic rings. The average molecular weight is 479 g/mol. The van der Waals surface area contributed by atoms with Gasteiger partial charge in [-0.1, -0.05) is 54.1 Å². The van der Waals surface area contributed by atoms with Gasteiger partial charge in [0.1, 0.15) is 22.9 Å². The van der Waals surface area contributed by atoms with Gasteiger partial charge in [-0.2, -0.15) is 10.4 Å². The largest absolute Gasteiger partial charge is 0.454 e. The molecule has 0 aliphatic carbocycles. The first kappa shape index (κ1) is 22.2. The molecule has 0 spiro atoms. The van der Waals surface area contributed by atoms with E-state index in [0.29, 0.717) is 27.7 Å². The van der Waals surface area contributed by atoms with E-state index in [1.807, 2.05) is 66.7 Å². The number of hydrogen-bond acceptors (Lipinski definition) is 4. The molecule has 5 rings (SSSR count). The number of nitrogens with one attached hydrogen (secondary N) is 1. The number of aromatic nitrogens is 2. The van der Waals surface area contributed by atoms with E-state index in [-0.39, 0.29) is 5.57 Å².